The number of rotatable bonds is 1. The Kier molecular flexibility index (Phi) is 2.30. The number of halogens is 2. The van der Waals surface area contributed by atoms with Crippen LogP contribution in [-0.2, 0) is 0 Å². The van der Waals surface area contributed by atoms with Crippen molar-refractivity contribution >= 4 is 23.8 Å². The molecule has 0 unspecified atom stereocenters. The van der Waals surface area contributed by atoms with Crippen molar-refractivity contribution in [1.82, 2.24) is 20.2 Å². The maximum Gasteiger partial charge on any atom is 0.242 e. The van der Waals surface area contributed by atoms with Crippen molar-refractivity contribution in [2.24, 2.45) is 0 Å². The van der Waals surface area contributed by atoms with Gasteiger partial charge in [0.15, 0.2) is 0 Å². The van der Waals surface area contributed by atoms with Gasteiger partial charge in [0.25, 0.3) is 0 Å². The number of nitrogens with zero attached hydrogens (tertiary/aromatic N) is 3. The third-order valence-electron chi connectivity index (χ3n) is 1.63. The number of H-pyrrole nitrogens is 1. The summed E-state index contributed by atoms with van der Waals surface area (Å²) in [7, 11) is 0. The fourth-order valence-electron chi connectivity index (χ4n) is 0.990. The highest BCUT2D eigenvalue weighted by molar-refractivity contribution is 7.71. The highest BCUT2D eigenvalue weighted by atomic mass is 35.5. The largest absolute Gasteiger partial charge is 0.242 e. The lowest BCUT2D eigenvalue weighted by atomic mass is 10.3. The highest BCUT2D eigenvalue weighted by Crippen LogP contribution is 2.17. The van der Waals surface area contributed by atoms with E-state index in [-0.39, 0.29) is 9.79 Å². The molecule has 0 aliphatic heterocycles. The lowest BCUT2D eigenvalue weighted by molar-refractivity contribution is 0.625. The quantitative estimate of drug-likeness (QED) is 0.764. The van der Waals surface area contributed by atoms with Crippen LogP contribution in [0.4, 0.5) is 4.39 Å². The van der Waals surface area contributed by atoms with E-state index in [1.807, 2.05) is 0 Å². The zero-order valence-electron chi connectivity index (χ0n) is 6.74. The van der Waals surface area contributed by atoms with Crippen LogP contribution < -0.4 is 0 Å². The summed E-state index contributed by atoms with van der Waals surface area (Å²) in [6.45, 7) is 0. The Labute approximate surface area is 88.3 Å². The summed E-state index contributed by atoms with van der Waals surface area (Å²) in [5, 5.41) is 9.61. The summed E-state index contributed by atoms with van der Waals surface area (Å²) in [4.78, 5) is 0. The van der Waals surface area contributed by atoms with Crippen LogP contribution in [0.3, 0.4) is 0 Å². The van der Waals surface area contributed by atoms with Crippen molar-refractivity contribution in [3.05, 3.63) is 33.8 Å². The molecule has 0 atom stereocenters. The first-order valence-corrected chi connectivity index (χ1v) is 4.42. The molecule has 0 aliphatic rings. The molecule has 1 heterocycles. The van der Waals surface area contributed by atoms with E-state index in [1.165, 1.54) is 16.8 Å². The second-order valence-electron chi connectivity index (χ2n) is 2.52. The van der Waals surface area contributed by atoms with Crippen LogP contribution in [0, 0.1) is 10.6 Å². The van der Waals surface area contributed by atoms with E-state index in [0.29, 0.717) is 5.69 Å². The molecule has 14 heavy (non-hydrogen) atoms. The van der Waals surface area contributed by atoms with E-state index in [9.17, 15) is 4.39 Å². The number of aromatic amines is 1. The van der Waals surface area contributed by atoms with Gasteiger partial charge in [0, 0.05) is 6.07 Å². The Hall–Kier alpha value is -1.27. The van der Waals surface area contributed by atoms with E-state index in [2.05, 4.69) is 15.5 Å². The third-order valence-corrected chi connectivity index (χ3v) is 2.20. The molecule has 0 aliphatic carbocycles. The van der Waals surface area contributed by atoms with Crippen molar-refractivity contribution in [1.29, 1.82) is 0 Å². The molecule has 2 rings (SSSR count). The summed E-state index contributed by atoms with van der Waals surface area (Å²) in [6, 6.07) is 4.30. The molecule has 1 aromatic heterocycles. The smallest absolute Gasteiger partial charge is 0.209 e. The van der Waals surface area contributed by atoms with E-state index in [0.717, 1.165) is 0 Å². The zero-order valence-corrected chi connectivity index (χ0v) is 8.31. The lowest BCUT2D eigenvalue weighted by Crippen LogP contribution is -1.97. The Balaban J connectivity index is 2.59. The molecule has 4 nitrogen and oxygen atoms in total. The van der Waals surface area contributed by atoms with Gasteiger partial charge < -0.3 is 0 Å². The Morgan fingerprint density at radius 2 is 2.29 bits per heavy atom. The summed E-state index contributed by atoms with van der Waals surface area (Å²) in [5.74, 6) is -0.513. The minimum atomic E-state index is -0.513. The first kappa shape index (κ1) is 9.29. The Morgan fingerprint density at radius 3 is 2.86 bits per heavy atom. The molecule has 0 bridgehead atoms. The molecular formula is C7H4ClFN4S. The molecule has 0 spiro atoms. The highest BCUT2D eigenvalue weighted by Gasteiger charge is 2.04. The standard InChI is InChI=1S/C7H4ClFN4S/c8-5-2-1-4(3-6(5)9)13-7(14)10-11-12-13/h1-3H,(H,10,12,14). The van der Waals surface area contributed by atoms with E-state index in [1.54, 1.807) is 6.07 Å². The van der Waals surface area contributed by atoms with Crippen molar-refractivity contribution in [3.8, 4) is 5.69 Å². The first-order chi connectivity index (χ1) is 6.68. The summed E-state index contributed by atoms with van der Waals surface area (Å²) in [5.41, 5.74) is 0.502. The summed E-state index contributed by atoms with van der Waals surface area (Å²) >= 11 is 10.4. The monoisotopic (exact) mass is 230 g/mol. The van der Waals surface area contributed by atoms with Crippen molar-refractivity contribution < 1.29 is 4.39 Å². The number of hydrogen-bond donors (Lipinski definition) is 1. The van der Waals surface area contributed by atoms with Gasteiger partial charge in [-0.05, 0) is 24.4 Å². The van der Waals surface area contributed by atoms with Crippen LogP contribution >= 0.6 is 23.8 Å². The maximum absolute atomic E-state index is 13.1. The van der Waals surface area contributed by atoms with E-state index < -0.39 is 5.82 Å². The average Bonchev–Trinajstić information content (AvgIpc) is 2.57. The van der Waals surface area contributed by atoms with Crippen LogP contribution in [0.5, 0.6) is 0 Å². The Bertz CT molecular complexity index is 520. The molecule has 0 saturated heterocycles. The van der Waals surface area contributed by atoms with E-state index >= 15 is 0 Å². The molecule has 7 heteroatoms. The third kappa shape index (κ3) is 1.53. The normalized spacial score (nSPS) is 10.4. The fraction of sp³-hybridized carbons (Fsp3) is 0. The minimum Gasteiger partial charge on any atom is -0.209 e. The first-order valence-electron chi connectivity index (χ1n) is 3.64. The molecule has 0 amide bonds. The molecule has 0 fully saturated rings. The number of hydrogen-bond acceptors (Lipinski definition) is 3. The van der Waals surface area contributed by atoms with Gasteiger partial charge in [0.1, 0.15) is 5.82 Å². The van der Waals surface area contributed by atoms with Gasteiger partial charge in [0.2, 0.25) is 4.77 Å². The van der Waals surface area contributed by atoms with Gasteiger partial charge in [-0.15, -0.1) is 0 Å². The van der Waals surface area contributed by atoms with Crippen LogP contribution in [-0.4, -0.2) is 20.2 Å². The molecule has 1 aromatic carbocycles. The van der Waals surface area contributed by atoms with Gasteiger partial charge in [0.05, 0.1) is 10.7 Å². The SMILES string of the molecule is Fc1cc(-n2[nH]nnc2=S)ccc1Cl. The van der Waals surface area contributed by atoms with Gasteiger partial charge in [-0.3, -0.25) is 0 Å². The lowest BCUT2D eigenvalue weighted by Gasteiger charge is -2.00. The van der Waals surface area contributed by atoms with Crippen LogP contribution in [0.25, 0.3) is 5.69 Å². The molecule has 72 valence electrons. The minimum absolute atomic E-state index is 0.0627. The Morgan fingerprint density at radius 1 is 1.50 bits per heavy atom. The summed E-state index contributed by atoms with van der Waals surface area (Å²) < 4.78 is 14.7. The number of aromatic nitrogens is 4. The van der Waals surface area contributed by atoms with Crippen LogP contribution in [0.1, 0.15) is 0 Å². The molecule has 1 N–H and O–H groups in total. The zero-order chi connectivity index (χ0) is 10.1. The molecular weight excluding hydrogens is 227 g/mol. The predicted octanol–water partition coefficient (Wildman–Crippen LogP) is 2.12. The van der Waals surface area contributed by atoms with Crippen LogP contribution in [0.15, 0.2) is 18.2 Å². The molecule has 0 saturated carbocycles. The van der Waals surface area contributed by atoms with Gasteiger partial charge in [-0.25, -0.2) is 9.07 Å². The second-order valence-corrected chi connectivity index (χ2v) is 3.29. The number of tetrazole rings is 1. The number of nitrogens with one attached hydrogen (secondary N) is 1. The molecule has 2 aromatic rings. The summed E-state index contributed by atoms with van der Waals surface area (Å²) in [6.07, 6.45) is 0. The van der Waals surface area contributed by atoms with Crippen molar-refractivity contribution in [2.45, 2.75) is 0 Å². The second kappa shape index (κ2) is 3.47. The van der Waals surface area contributed by atoms with Gasteiger partial charge in [-0.1, -0.05) is 21.9 Å². The maximum atomic E-state index is 13.1. The predicted molar refractivity (Wildman–Crippen MR) is 51.5 cm³/mol. The fourth-order valence-corrected chi connectivity index (χ4v) is 1.29. The van der Waals surface area contributed by atoms with Crippen molar-refractivity contribution in [3.63, 3.8) is 0 Å². The molecule has 0 radical (unpaired) electrons. The van der Waals surface area contributed by atoms with Gasteiger partial charge >= 0.3 is 0 Å². The van der Waals surface area contributed by atoms with E-state index in [4.69, 9.17) is 23.8 Å². The van der Waals surface area contributed by atoms with Crippen LogP contribution in [0.2, 0.25) is 5.02 Å². The van der Waals surface area contributed by atoms with Gasteiger partial charge in [-0.2, -0.15) is 5.21 Å². The topological polar surface area (TPSA) is 46.5 Å². The van der Waals surface area contributed by atoms with Crippen molar-refractivity contribution in [2.75, 3.05) is 0 Å². The average molecular weight is 231 g/mol. The number of benzene rings is 1.